The lowest BCUT2D eigenvalue weighted by Gasteiger charge is -2.26. The second kappa shape index (κ2) is 11.4. The fourth-order valence-corrected chi connectivity index (χ4v) is 5.83. The predicted octanol–water partition coefficient (Wildman–Crippen LogP) is 5.07. The van der Waals surface area contributed by atoms with Gasteiger partial charge in [0.1, 0.15) is 10.8 Å². The summed E-state index contributed by atoms with van der Waals surface area (Å²) in [5.41, 5.74) is 3.19. The molecule has 0 aliphatic carbocycles. The van der Waals surface area contributed by atoms with Crippen LogP contribution in [0.3, 0.4) is 0 Å². The number of benzene rings is 2. The number of rotatable bonds is 9. The standard InChI is InChI=1S/C28H31FN4O2S/c29-23-9-4-20(5-10-23)8-13-26-30-31-28(36-26)25(34)16-22-17-27(35)33(19-22)24-11-6-21(7-12-24)18-32-14-2-1-3-15-32/h4-7,9-12,22H,1-3,8,13-19H2. The molecule has 36 heavy (non-hydrogen) atoms. The molecule has 3 aromatic rings. The lowest BCUT2D eigenvalue weighted by atomic mass is 10.0. The van der Waals surface area contributed by atoms with E-state index in [2.05, 4.69) is 27.2 Å². The Labute approximate surface area is 215 Å². The molecular formula is C28H31FN4O2S. The first-order valence-corrected chi connectivity index (χ1v) is 13.6. The number of hydrogen-bond acceptors (Lipinski definition) is 6. The van der Waals surface area contributed by atoms with Crippen LogP contribution in [0.1, 0.15) is 58.0 Å². The number of nitrogens with zero attached hydrogens (tertiary/aromatic N) is 4. The van der Waals surface area contributed by atoms with Crippen LogP contribution in [-0.4, -0.2) is 46.4 Å². The third kappa shape index (κ3) is 6.23. The normalized spacial score (nSPS) is 18.6. The SMILES string of the molecule is O=C(CC1CC(=O)N(c2ccc(CN3CCCCC3)cc2)C1)c1nnc(CCc2ccc(F)cc2)s1. The van der Waals surface area contributed by atoms with Gasteiger partial charge in [-0.3, -0.25) is 14.5 Å². The van der Waals surface area contributed by atoms with Crippen molar-refractivity contribution in [2.45, 2.75) is 51.5 Å². The van der Waals surface area contributed by atoms with Crippen LogP contribution in [-0.2, 0) is 24.2 Å². The highest BCUT2D eigenvalue weighted by Gasteiger charge is 2.32. The van der Waals surface area contributed by atoms with E-state index in [-0.39, 0.29) is 23.4 Å². The molecule has 6 nitrogen and oxygen atoms in total. The molecule has 0 N–H and O–H groups in total. The van der Waals surface area contributed by atoms with Crippen molar-refractivity contribution in [1.29, 1.82) is 0 Å². The van der Waals surface area contributed by atoms with Crippen molar-refractivity contribution >= 4 is 28.7 Å². The molecule has 2 saturated heterocycles. The summed E-state index contributed by atoms with van der Waals surface area (Å²) in [6.07, 6.45) is 5.91. The minimum absolute atomic E-state index is 0.0235. The number of carbonyl (C=O) groups excluding carboxylic acids is 2. The van der Waals surface area contributed by atoms with Gasteiger partial charge in [-0.05, 0) is 73.7 Å². The van der Waals surface area contributed by atoms with E-state index in [1.807, 2.05) is 12.1 Å². The average Bonchev–Trinajstić information content (AvgIpc) is 3.51. The van der Waals surface area contributed by atoms with Crippen molar-refractivity contribution in [2.75, 3.05) is 24.5 Å². The largest absolute Gasteiger partial charge is 0.312 e. The molecule has 8 heteroatoms. The van der Waals surface area contributed by atoms with Crippen LogP contribution in [0.25, 0.3) is 0 Å². The quantitative estimate of drug-likeness (QED) is 0.379. The van der Waals surface area contributed by atoms with E-state index in [1.54, 1.807) is 17.0 Å². The molecule has 1 unspecified atom stereocenters. The Morgan fingerprint density at radius 2 is 1.67 bits per heavy atom. The Morgan fingerprint density at radius 1 is 0.944 bits per heavy atom. The summed E-state index contributed by atoms with van der Waals surface area (Å²) in [5.74, 6) is -0.271. The topological polar surface area (TPSA) is 66.4 Å². The number of carbonyl (C=O) groups is 2. The number of likely N-dealkylation sites (tertiary alicyclic amines) is 1. The van der Waals surface area contributed by atoms with Gasteiger partial charge in [-0.2, -0.15) is 0 Å². The van der Waals surface area contributed by atoms with Crippen LogP contribution in [0.5, 0.6) is 0 Å². The molecule has 2 aliphatic heterocycles. The Balaban J connectivity index is 1.12. The lowest BCUT2D eigenvalue weighted by molar-refractivity contribution is -0.117. The summed E-state index contributed by atoms with van der Waals surface area (Å²) in [7, 11) is 0. The zero-order chi connectivity index (χ0) is 24.9. The number of aryl methyl sites for hydroxylation is 2. The molecule has 0 spiro atoms. The second-order valence-electron chi connectivity index (χ2n) is 9.83. The summed E-state index contributed by atoms with van der Waals surface area (Å²) in [5, 5.41) is 9.45. The number of piperidine rings is 1. The van der Waals surface area contributed by atoms with Crippen LogP contribution in [0.15, 0.2) is 48.5 Å². The van der Waals surface area contributed by atoms with Crippen molar-refractivity contribution in [1.82, 2.24) is 15.1 Å². The van der Waals surface area contributed by atoms with Gasteiger partial charge in [-0.25, -0.2) is 4.39 Å². The van der Waals surface area contributed by atoms with Gasteiger partial charge >= 0.3 is 0 Å². The Hall–Kier alpha value is -2.97. The molecule has 2 aliphatic rings. The lowest BCUT2D eigenvalue weighted by Crippen LogP contribution is -2.29. The molecule has 2 aromatic carbocycles. The highest BCUT2D eigenvalue weighted by Crippen LogP contribution is 2.29. The van der Waals surface area contributed by atoms with Gasteiger partial charge in [0.15, 0.2) is 10.8 Å². The van der Waals surface area contributed by atoms with Crippen LogP contribution in [0.2, 0.25) is 0 Å². The number of Topliss-reactive ketones (excluding diaryl/α,β-unsaturated/α-hetero) is 1. The zero-order valence-electron chi connectivity index (χ0n) is 20.4. The van der Waals surface area contributed by atoms with Gasteiger partial charge in [-0.15, -0.1) is 10.2 Å². The van der Waals surface area contributed by atoms with E-state index in [0.717, 1.165) is 35.9 Å². The van der Waals surface area contributed by atoms with Crippen molar-refractivity contribution in [3.05, 3.63) is 75.5 Å². The summed E-state index contributed by atoms with van der Waals surface area (Å²) in [6, 6.07) is 14.7. The highest BCUT2D eigenvalue weighted by molar-refractivity contribution is 7.13. The molecule has 5 rings (SSSR count). The summed E-state index contributed by atoms with van der Waals surface area (Å²) in [4.78, 5) is 29.8. The first-order chi connectivity index (χ1) is 17.5. The maximum Gasteiger partial charge on any atom is 0.227 e. The van der Waals surface area contributed by atoms with Gasteiger partial charge in [0.25, 0.3) is 0 Å². The first-order valence-electron chi connectivity index (χ1n) is 12.8. The fraction of sp³-hybridized carbons (Fsp3) is 0.429. The zero-order valence-corrected chi connectivity index (χ0v) is 21.2. The van der Waals surface area contributed by atoms with Gasteiger partial charge in [-0.1, -0.05) is 42.0 Å². The van der Waals surface area contributed by atoms with Gasteiger partial charge < -0.3 is 4.90 Å². The summed E-state index contributed by atoms with van der Waals surface area (Å²) >= 11 is 1.31. The Morgan fingerprint density at radius 3 is 2.42 bits per heavy atom. The van der Waals surface area contributed by atoms with Crippen molar-refractivity contribution in [3.8, 4) is 0 Å². The molecule has 0 saturated carbocycles. The van der Waals surface area contributed by atoms with E-state index < -0.39 is 0 Å². The number of halogens is 1. The van der Waals surface area contributed by atoms with Crippen LogP contribution < -0.4 is 4.90 Å². The smallest absolute Gasteiger partial charge is 0.227 e. The third-order valence-electron chi connectivity index (χ3n) is 7.03. The van der Waals surface area contributed by atoms with E-state index in [4.69, 9.17) is 0 Å². The Kier molecular flexibility index (Phi) is 7.82. The molecule has 0 bridgehead atoms. The number of amides is 1. The van der Waals surface area contributed by atoms with E-state index >= 15 is 0 Å². The van der Waals surface area contributed by atoms with Crippen LogP contribution in [0, 0.1) is 11.7 Å². The summed E-state index contributed by atoms with van der Waals surface area (Å²) in [6.45, 7) is 3.82. The van der Waals surface area contributed by atoms with Crippen LogP contribution in [0.4, 0.5) is 10.1 Å². The van der Waals surface area contributed by atoms with Crippen molar-refractivity contribution in [3.63, 3.8) is 0 Å². The molecule has 1 atom stereocenters. The first kappa shape index (κ1) is 24.7. The van der Waals surface area contributed by atoms with Gasteiger partial charge in [0.2, 0.25) is 5.91 Å². The minimum Gasteiger partial charge on any atom is -0.312 e. The van der Waals surface area contributed by atoms with Crippen molar-refractivity contribution in [2.24, 2.45) is 5.92 Å². The molecule has 1 amide bonds. The number of hydrogen-bond donors (Lipinski definition) is 0. The molecule has 2 fully saturated rings. The third-order valence-corrected chi connectivity index (χ3v) is 8.05. The predicted molar refractivity (Wildman–Crippen MR) is 139 cm³/mol. The molecule has 188 valence electrons. The van der Waals surface area contributed by atoms with Gasteiger partial charge in [0, 0.05) is 38.0 Å². The Bertz CT molecular complexity index is 1190. The van der Waals surface area contributed by atoms with E-state index in [1.165, 1.54) is 48.3 Å². The minimum atomic E-state index is -0.253. The molecule has 3 heterocycles. The van der Waals surface area contributed by atoms with E-state index in [0.29, 0.717) is 37.2 Å². The average molecular weight is 507 g/mol. The van der Waals surface area contributed by atoms with Gasteiger partial charge in [0.05, 0.1) is 0 Å². The number of anilines is 1. The number of aromatic nitrogens is 2. The number of ketones is 1. The summed E-state index contributed by atoms with van der Waals surface area (Å²) < 4.78 is 13.1. The van der Waals surface area contributed by atoms with Crippen LogP contribution >= 0.6 is 11.3 Å². The molecular weight excluding hydrogens is 475 g/mol. The molecule has 0 radical (unpaired) electrons. The maximum absolute atomic E-state index is 13.1. The molecule has 1 aromatic heterocycles. The maximum atomic E-state index is 13.1. The van der Waals surface area contributed by atoms with E-state index in [9.17, 15) is 14.0 Å². The highest BCUT2D eigenvalue weighted by atomic mass is 32.1. The van der Waals surface area contributed by atoms with Crippen molar-refractivity contribution < 1.29 is 14.0 Å². The second-order valence-corrected chi connectivity index (χ2v) is 10.9. The fourth-order valence-electron chi connectivity index (χ4n) is 5.04. The monoisotopic (exact) mass is 506 g/mol.